The van der Waals surface area contributed by atoms with Gasteiger partial charge in [-0.3, -0.25) is 0 Å². The van der Waals surface area contributed by atoms with Crippen molar-refractivity contribution >= 4 is 15.9 Å². The van der Waals surface area contributed by atoms with Crippen LogP contribution in [0.3, 0.4) is 0 Å². The van der Waals surface area contributed by atoms with Crippen LogP contribution in [-0.4, -0.2) is 7.05 Å². The van der Waals surface area contributed by atoms with Gasteiger partial charge in [0, 0.05) is 5.92 Å². The second kappa shape index (κ2) is 5.51. The first kappa shape index (κ1) is 12.9. The molecule has 0 saturated carbocycles. The van der Waals surface area contributed by atoms with Gasteiger partial charge in [-0.1, -0.05) is 24.3 Å². The number of likely N-dealkylation sites (N-methyl/N-ethyl adjacent to an activating group) is 1. The zero-order chi connectivity index (χ0) is 13.2. The molecule has 2 atom stereocenters. The zero-order valence-electron chi connectivity index (χ0n) is 11.0. The highest BCUT2D eigenvalue weighted by atomic mass is 79.9. The monoisotopic (exact) mass is 319 g/mol. The molecule has 0 saturated heterocycles. The first-order valence-corrected chi connectivity index (χ1v) is 7.58. The molecule has 0 bridgehead atoms. The number of hydrogen-bond acceptors (Lipinski definition) is 2. The molecule has 19 heavy (non-hydrogen) atoms. The summed E-state index contributed by atoms with van der Waals surface area (Å²) in [5.74, 6) is 1.49. The summed E-state index contributed by atoms with van der Waals surface area (Å²) >= 11 is 3.58. The Bertz CT molecular complexity index is 563. The van der Waals surface area contributed by atoms with E-state index in [2.05, 4.69) is 45.5 Å². The number of rotatable bonds is 3. The van der Waals surface area contributed by atoms with Crippen molar-refractivity contribution in [2.75, 3.05) is 7.05 Å². The van der Waals surface area contributed by atoms with E-state index in [4.69, 9.17) is 4.42 Å². The summed E-state index contributed by atoms with van der Waals surface area (Å²) in [5.41, 5.74) is 2.96. The van der Waals surface area contributed by atoms with E-state index in [1.807, 2.05) is 13.1 Å². The number of hydrogen-bond donors (Lipinski definition) is 1. The van der Waals surface area contributed by atoms with E-state index in [0.717, 1.165) is 10.2 Å². The van der Waals surface area contributed by atoms with E-state index in [-0.39, 0.29) is 6.04 Å². The fourth-order valence-corrected chi connectivity index (χ4v) is 3.63. The van der Waals surface area contributed by atoms with Crippen molar-refractivity contribution in [2.45, 2.75) is 31.2 Å². The van der Waals surface area contributed by atoms with Gasteiger partial charge in [-0.05, 0) is 59.4 Å². The summed E-state index contributed by atoms with van der Waals surface area (Å²) in [4.78, 5) is 0. The molecule has 1 aromatic heterocycles. The Morgan fingerprint density at radius 3 is 2.89 bits per heavy atom. The third-order valence-electron chi connectivity index (χ3n) is 4.06. The molecule has 0 aliphatic heterocycles. The van der Waals surface area contributed by atoms with Gasteiger partial charge in [-0.15, -0.1) is 0 Å². The molecule has 3 rings (SSSR count). The van der Waals surface area contributed by atoms with Gasteiger partial charge in [-0.25, -0.2) is 0 Å². The fourth-order valence-electron chi connectivity index (χ4n) is 3.18. The van der Waals surface area contributed by atoms with Crippen LogP contribution < -0.4 is 5.32 Å². The van der Waals surface area contributed by atoms with E-state index in [1.54, 1.807) is 6.26 Å². The Morgan fingerprint density at radius 1 is 1.32 bits per heavy atom. The smallest absolute Gasteiger partial charge is 0.135 e. The number of furan rings is 1. The quantitative estimate of drug-likeness (QED) is 0.905. The lowest BCUT2D eigenvalue weighted by molar-refractivity contribution is 0.355. The fraction of sp³-hybridized carbons (Fsp3) is 0.375. The molecule has 1 N–H and O–H groups in total. The second-order valence-corrected chi connectivity index (χ2v) is 5.95. The number of benzene rings is 1. The van der Waals surface area contributed by atoms with Gasteiger partial charge in [0.05, 0.1) is 16.8 Å². The molecule has 3 heteroatoms. The largest absolute Gasteiger partial charge is 0.466 e. The molecule has 0 fully saturated rings. The molecule has 1 heterocycles. The summed E-state index contributed by atoms with van der Waals surface area (Å²) in [7, 11) is 2.01. The van der Waals surface area contributed by atoms with Crippen LogP contribution in [0.4, 0.5) is 0 Å². The minimum absolute atomic E-state index is 0.228. The van der Waals surface area contributed by atoms with Crippen LogP contribution in [0.2, 0.25) is 0 Å². The van der Waals surface area contributed by atoms with E-state index in [9.17, 15) is 0 Å². The normalized spacial score (nSPS) is 20.0. The summed E-state index contributed by atoms with van der Waals surface area (Å²) < 4.78 is 6.73. The number of aryl methyl sites for hydroxylation is 1. The predicted octanol–water partition coefficient (Wildman–Crippen LogP) is 4.42. The van der Waals surface area contributed by atoms with Gasteiger partial charge in [0.2, 0.25) is 0 Å². The van der Waals surface area contributed by atoms with Crippen LogP contribution >= 0.6 is 15.9 Å². The molecule has 0 spiro atoms. The van der Waals surface area contributed by atoms with Crippen molar-refractivity contribution in [3.8, 4) is 0 Å². The van der Waals surface area contributed by atoms with Gasteiger partial charge in [0.15, 0.2) is 0 Å². The maximum absolute atomic E-state index is 5.68. The van der Waals surface area contributed by atoms with Crippen molar-refractivity contribution < 1.29 is 4.42 Å². The molecular weight excluding hydrogens is 302 g/mol. The minimum atomic E-state index is 0.228. The molecule has 2 nitrogen and oxygen atoms in total. The van der Waals surface area contributed by atoms with Gasteiger partial charge in [-0.2, -0.15) is 0 Å². The Balaban J connectivity index is 2.00. The summed E-state index contributed by atoms with van der Waals surface area (Å²) in [6.07, 6.45) is 5.40. The first-order valence-electron chi connectivity index (χ1n) is 6.79. The van der Waals surface area contributed by atoms with Gasteiger partial charge in [0.1, 0.15) is 5.76 Å². The van der Waals surface area contributed by atoms with Gasteiger partial charge < -0.3 is 9.73 Å². The summed E-state index contributed by atoms with van der Waals surface area (Å²) in [6, 6.07) is 11.0. The third kappa shape index (κ3) is 2.37. The second-order valence-electron chi connectivity index (χ2n) is 5.10. The summed E-state index contributed by atoms with van der Waals surface area (Å²) in [5, 5.41) is 3.43. The maximum Gasteiger partial charge on any atom is 0.135 e. The van der Waals surface area contributed by atoms with Crippen LogP contribution in [0.5, 0.6) is 0 Å². The minimum Gasteiger partial charge on any atom is -0.466 e. The molecule has 1 aromatic carbocycles. The molecule has 100 valence electrons. The molecule has 1 aliphatic rings. The first-order chi connectivity index (χ1) is 9.31. The molecule has 0 radical (unpaired) electrons. The third-order valence-corrected chi connectivity index (χ3v) is 4.71. The molecular formula is C16H18BrNO. The Labute approximate surface area is 122 Å². The highest BCUT2D eigenvalue weighted by molar-refractivity contribution is 9.10. The van der Waals surface area contributed by atoms with Gasteiger partial charge in [0.25, 0.3) is 0 Å². The zero-order valence-corrected chi connectivity index (χ0v) is 12.6. The van der Waals surface area contributed by atoms with Crippen LogP contribution in [0.25, 0.3) is 0 Å². The maximum atomic E-state index is 5.68. The average molecular weight is 320 g/mol. The standard InChI is InChI=1S/C16H18BrNO/c1-18-15(16-14(17)9-10-19-16)13-8-4-6-11-5-2-3-7-12(11)13/h2-3,5,7,9-10,13,15,18H,4,6,8H2,1H3. The van der Waals surface area contributed by atoms with Crippen molar-refractivity contribution in [1.82, 2.24) is 5.32 Å². The Kier molecular flexibility index (Phi) is 3.76. The SMILES string of the molecule is CNC(c1occc1Br)C1CCCc2ccccc21. The predicted molar refractivity (Wildman–Crippen MR) is 80.3 cm³/mol. The highest BCUT2D eigenvalue weighted by Crippen LogP contribution is 2.42. The van der Waals surface area contributed by atoms with Gasteiger partial charge >= 0.3 is 0 Å². The topological polar surface area (TPSA) is 25.2 Å². The van der Waals surface area contributed by atoms with Crippen LogP contribution in [-0.2, 0) is 6.42 Å². The highest BCUT2D eigenvalue weighted by Gasteiger charge is 2.30. The van der Waals surface area contributed by atoms with E-state index < -0.39 is 0 Å². The van der Waals surface area contributed by atoms with E-state index >= 15 is 0 Å². The van der Waals surface area contributed by atoms with E-state index in [0.29, 0.717) is 5.92 Å². The lowest BCUT2D eigenvalue weighted by atomic mass is 9.78. The molecule has 2 unspecified atom stereocenters. The Hall–Kier alpha value is -1.06. The average Bonchev–Trinajstić information content (AvgIpc) is 2.86. The summed E-state index contributed by atoms with van der Waals surface area (Å²) in [6.45, 7) is 0. The molecule has 0 amide bonds. The lowest BCUT2D eigenvalue weighted by Gasteiger charge is -2.31. The van der Waals surface area contributed by atoms with Crippen LogP contribution in [0.15, 0.2) is 45.5 Å². The molecule has 2 aromatic rings. The number of nitrogens with one attached hydrogen (secondary N) is 1. The van der Waals surface area contributed by atoms with Crippen LogP contribution in [0, 0.1) is 0 Å². The van der Waals surface area contributed by atoms with Crippen molar-refractivity contribution in [2.24, 2.45) is 0 Å². The Morgan fingerprint density at radius 2 is 2.16 bits per heavy atom. The lowest BCUT2D eigenvalue weighted by Crippen LogP contribution is -2.26. The molecule has 1 aliphatic carbocycles. The van der Waals surface area contributed by atoms with E-state index in [1.165, 1.54) is 30.4 Å². The van der Waals surface area contributed by atoms with Crippen molar-refractivity contribution in [3.63, 3.8) is 0 Å². The number of fused-ring (bicyclic) bond motifs is 1. The number of halogens is 1. The van der Waals surface area contributed by atoms with Crippen molar-refractivity contribution in [3.05, 3.63) is 58.0 Å². The van der Waals surface area contributed by atoms with Crippen LogP contribution in [0.1, 0.15) is 41.7 Å². The van der Waals surface area contributed by atoms with Crippen molar-refractivity contribution in [1.29, 1.82) is 0 Å².